The zero-order valence-corrected chi connectivity index (χ0v) is 17.0. The van der Waals surface area contributed by atoms with Gasteiger partial charge in [0.25, 0.3) is 0 Å². The average molecular weight is 392 g/mol. The number of aryl methyl sites for hydroxylation is 1. The summed E-state index contributed by atoms with van der Waals surface area (Å²) in [6, 6.07) is 14.4. The molecule has 1 N–H and O–H groups in total. The first kappa shape index (κ1) is 20.0. The van der Waals surface area contributed by atoms with Crippen LogP contribution in [0.3, 0.4) is 0 Å². The van der Waals surface area contributed by atoms with Crippen molar-refractivity contribution in [3.63, 3.8) is 0 Å². The monoisotopic (exact) mass is 391 g/mol. The fourth-order valence-electron chi connectivity index (χ4n) is 2.03. The van der Waals surface area contributed by atoms with E-state index in [0.717, 1.165) is 17.4 Å². The normalized spacial score (nSPS) is 10.6. The Balaban J connectivity index is 0.000000745. The van der Waals surface area contributed by atoms with Gasteiger partial charge in [-0.3, -0.25) is 0 Å². The zero-order chi connectivity index (χ0) is 16.5. The third kappa shape index (κ3) is 6.58. The third-order valence-corrected chi connectivity index (χ3v) is 4.44. The summed E-state index contributed by atoms with van der Waals surface area (Å²) in [5.74, 6) is 0.431. The van der Waals surface area contributed by atoms with E-state index in [1.165, 1.54) is 10.9 Å². The van der Waals surface area contributed by atoms with Gasteiger partial charge < -0.3 is 10.0 Å². The van der Waals surface area contributed by atoms with Gasteiger partial charge in [-0.1, -0.05) is 51.0 Å². The van der Waals surface area contributed by atoms with Crippen molar-refractivity contribution in [3.05, 3.63) is 53.6 Å². The molecule has 2 aromatic rings. The number of hydrogen-bond acceptors (Lipinski definition) is 2. The van der Waals surface area contributed by atoms with Crippen molar-refractivity contribution in [1.29, 1.82) is 0 Å². The molecule has 118 valence electrons. The number of hydrogen-bond donors (Lipinski definition) is 1. The van der Waals surface area contributed by atoms with Crippen LogP contribution < -0.4 is 10.6 Å². The molecule has 0 aliphatic rings. The molecule has 2 aromatic carbocycles. The van der Waals surface area contributed by atoms with E-state index in [4.69, 9.17) is 18.6 Å². The quantitative estimate of drug-likeness (QED) is 0.633. The SMILES string of the molecule is Cc1cccc(Pc2ccccc2CN(C)C)c1O.[Cl][Ti][Cl]. The van der Waals surface area contributed by atoms with Gasteiger partial charge in [-0.05, 0) is 37.5 Å². The van der Waals surface area contributed by atoms with Crippen LogP contribution >= 0.6 is 27.2 Å². The molecule has 1 unspecified atom stereocenters. The second-order valence-electron chi connectivity index (χ2n) is 5.06. The van der Waals surface area contributed by atoms with E-state index in [1.54, 1.807) is 0 Å². The second-order valence-corrected chi connectivity index (χ2v) is 8.97. The topological polar surface area (TPSA) is 23.5 Å². The standard InChI is InChI=1S/C16H20NOP.2ClH.Ti/c1-12-7-6-10-15(16(12)18)19-14-9-5-4-8-13(14)11-17(2)3;;;/h4-10,18-19H,11H2,1-3H3;2*1H;/q;;;+2/p-2. The summed E-state index contributed by atoms with van der Waals surface area (Å²) in [5.41, 5.74) is 2.27. The van der Waals surface area contributed by atoms with Crippen LogP contribution in [0.15, 0.2) is 42.5 Å². The van der Waals surface area contributed by atoms with Gasteiger partial charge >= 0.3 is 35.6 Å². The van der Waals surface area contributed by atoms with Gasteiger partial charge in [0.1, 0.15) is 5.75 Å². The number of halogens is 2. The summed E-state index contributed by atoms with van der Waals surface area (Å²) in [7, 11) is 14.4. The van der Waals surface area contributed by atoms with Gasteiger partial charge in [0.2, 0.25) is 0 Å². The first-order valence-electron chi connectivity index (χ1n) is 6.74. The predicted octanol–water partition coefficient (Wildman–Crippen LogP) is 3.77. The molecule has 0 aliphatic heterocycles. The summed E-state index contributed by atoms with van der Waals surface area (Å²) in [5, 5.41) is 12.5. The van der Waals surface area contributed by atoms with Crippen molar-refractivity contribution in [2.45, 2.75) is 13.5 Å². The van der Waals surface area contributed by atoms with Crippen molar-refractivity contribution in [1.82, 2.24) is 4.90 Å². The van der Waals surface area contributed by atoms with E-state index in [-0.39, 0.29) is 0 Å². The van der Waals surface area contributed by atoms with Crippen molar-refractivity contribution in [2.75, 3.05) is 14.1 Å². The fourth-order valence-corrected chi connectivity index (χ4v) is 3.31. The first-order chi connectivity index (χ1) is 10.5. The summed E-state index contributed by atoms with van der Waals surface area (Å²) >= 11 is -0.556. The molecule has 1 atom stereocenters. The molecule has 0 heterocycles. The van der Waals surface area contributed by atoms with Crippen LogP contribution in [0.5, 0.6) is 5.75 Å². The first-order valence-corrected chi connectivity index (χ1v) is 12.0. The average Bonchev–Trinajstić information content (AvgIpc) is 2.46. The Morgan fingerprint density at radius 1 is 1.05 bits per heavy atom. The fraction of sp³-hybridized carbons (Fsp3) is 0.250. The number of phenols is 1. The molecular weight excluding hydrogens is 372 g/mol. The molecule has 2 nitrogen and oxygen atoms in total. The van der Waals surface area contributed by atoms with Crippen LogP contribution in [-0.2, 0) is 23.6 Å². The van der Waals surface area contributed by atoms with E-state index < -0.39 is 17.0 Å². The van der Waals surface area contributed by atoms with E-state index in [0.29, 0.717) is 14.3 Å². The molecule has 0 spiro atoms. The van der Waals surface area contributed by atoms with E-state index >= 15 is 0 Å². The summed E-state index contributed by atoms with van der Waals surface area (Å²) in [6.45, 7) is 2.87. The summed E-state index contributed by atoms with van der Waals surface area (Å²) in [4.78, 5) is 2.17. The molecule has 0 aliphatic carbocycles. The molecule has 0 amide bonds. The number of phenolic OH excluding ortho intramolecular Hbond substituents is 1. The second kappa shape index (κ2) is 10.7. The van der Waals surface area contributed by atoms with Gasteiger partial charge in [0, 0.05) is 11.8 Å². The number of aromatic hydroxyl groups is 1. The number of benzene rings is 2. The van der Waals surface area contributed by atoms with Gasteiger partial charge in [0.15, 0.2) is 0 Å². The Morgan fingerprint density at radius 2 is 1.64 bits per heavy atom. The molecule has 6 heteroatoms. The maximum absolute atomic E-state index is 10.1. The van der Waals surface area contributed by atoms with Crippen molar-refractivity contribution in [2.24, 2.45) is 0 Å². The molecule has 0 saturated heterocycles. The molecule has 0 radical (unpaired) electrons. The molecule has 0 saturated carbocycles. The molecule has 22 heavy (non-hydrogen) atoms. The summed E-state index contributed by atoms with van der Waals surface area (Å²) in [6.07, 6.45) is 0. The van der Waals surface area contributed by atoms with Crippen LogP contribution in [0.1, 0.15) is 11.1 Å². The van der Waals surface area contributed by atoms with Gasteiger partial charge in [0.05, 0.1) is 0 Å². The van der Waals surface area contributed by atoms with Crippen molar-refractivity contribution >= 4 is 37.8 Å². The van der Waals surface area contributed by atoms with E-state index in [9.17, 15) is 5.11 Å². The Hall–Kier alpha value is -0.0757. The Labute approximate surface area is 151 Å². The van der Waals surface area contributed by atoms with Gasteiger partial charge in [-0.15, -0.1) is 0 Å². The predicted molar refractivity (Wildman–Crippen MR) is 96.0 cm³/mol. The molecular formula is C16H20Cl2NOPTi. The molecule has 2 rings (SSSR count). The zero-order valence-electron chi connectivity index (χ0n) is 12.9. The van der Waals surface area contributed by atoms with Gasteiger partial charge in [-0.2, -0.15) is 0 Å². The Bertz CT molecular complexity index is 596. The Kier molecular flexibility index (Phi) is 9.67. The summed E-state index contributed by atoms with van der Waals surface area (Å²) < 4.78 is 0. The minimum atomic E-state index is -0.556. The van der Waals surface area contributed by atoms with Crippen molar-refractivity contribution < 1.29 is 22.1 Å². The van der Waals surface area contributed by atoms with E-state index in [2.05, 4.69) is 43.3 Å². The maximum atomic E-state index is 10.1. The van der Waals surface area contributed by atoms with Crippen LogP contribution in [0.4, 0.5) is 0 Å². The third-order valence-electron chi connectivity index (χ3n) is 3.01. The van der Waals surface area contributed by atoms with Crippen LogP contribution in [-0.4, -0.2) is 24.1 Å². The number of rotatable bonds is 4. The molecule has 0 fully saturated rings. The number of para-hydroxylation sites is 1. The van der Waals surface area contributed by atoms with Gasteiger partial charge in [-0.25, -0.2) is 0 Å². The molecule has 0 bridgehead atoms. The van der Waals surface area contributed by atoms with Crippen molar-refractivity contribution in [3.8, 4) is 5.75 Å². The minimum absolute atomic E-state index is 0.431. The van der Waals surface area contributed by atoms with E-state index in [1.807, 2.05) is 25.1 Å². The van der Waals surface area contributed by atoms with Crippen LogP contribution in [0.2, 0.25) is 0 Å². The number of nitrogens with zero attached hydrogens (tertiary/aromatic N) is 1. The Morgan fingerprint density at radius 3 is 2.27 bits per heavy atom. The molecule has 0 aromatic heterocycles. The van der Waals surface area contributed by atoms with Crippen LogP contribution in [0, 0.1) is 6.92 Å². The van der Waals surface area contributed by atoms with Crippen LogP contribution in [0.25, 0.3) is 0 Å².